The number of anilines is 1. The Kier molecular flexibility index (Phi) is 3.43. The summed E-state index contributed by atoms with van der Waals surface area (Å²) >= 11 is 0. The molecule has 1 heterocycles. The number of rotatable bonds is 2. The fourth-order valence-electron chi connectivity index (χ4n) is 2.02. The van der Waals surface area contributed by atoms with Crippen LogP contribution >= 0.6 is 0 Å². The molecule has 1 aliphatic heterocycles. The zero-order valence-electron chi connectivity index (χ0n) is 9.52. The van der Waals surface area contributed by atoms with E-state index < -0.39 is 0 Å². The van der Waals surface area contributed by atoms with E-state index in [1.165, 1.54) is 5.69 Å². The lowest BCUT2D eigenvalue weighted by Crippen LogP contribution is -2.36. The van der Waals surface area contributed by atoms with E-state index in [9.17, 15) is 0 Å². The molecule has 0 aliphatic carbocycles. The molecule has 0 radical (unpaired) electrons. The summed E-state index contributed by atoms with van der Waals surface area (Å²) in [5, 5.41) is 9.02. The summed E-state index contributed by atoms with van der Waals surface area (Å²) < 4.78 is 5.34. The van der Waals surface area contributed by atoms with Crippen molar-refractivity contribution in [2.75, 3.05) is 31.2 Å². The van der Waals surface area contributed by atoms with Gasteiger partial charge in [0.15, 0.2) is 0 Å². The van der Waals surface area contributed by atoms with Gasteiger partial charge in [0.2, 0.25) is 0 Å². The first-order valence-electron chi connectivity index (χ1n) is 5.64. The van der Waals surface area contributed by atoms with E-state index in [1.807, 2.05) is 25.1 Å². The molecule has 1 aliphatic rings. The van der Waals surface area contributed by atoms with Crippen molar-refractivity contribution in [3.63, 3.8) is 0 Å². The smallest absolute Gasteiger partial charge is 0.0704 e. The number of ether oxygens (including phenoxy) is 1. The molecule has 0 aromatic heterocycles. The molecule has 1 atom stereocenters. The number of nitriles is 1. The molecule has 1 aromatic carbocycles. The Bertz CT molecular complexity index is 391. The second-order valence-electron chi connectivity index (χ2n) is 4.01. The molecule has 2 rings (SSSR count). The highest BCUT2D eigenvalue weighted by molar-refractivity contribution is 5.56. The molecular formula is C13H16N2O. The van der Waals surface area contributed by atoms with Crippen molar-refractivity contribution in [3.8, 4) is 6.07 Å². The van der Waals surface area contributed by atoms with Gasteiger partial charge in [0.25, 0.3) is 0 Å². The minimum Gasteiger partial charge on any atom is -0.378 e. The number of para-hydroxylation sites is 1. The van der Waals surface area contributed by atoms with Crippen molar-refractivity contribution in [2.24, 2.45) is 0 Å². The molecule has 1 fully saturated rings. The van der Waals surface area contributed by atoms with Gasteiger partial charge in [-0.05, 0) is 18.6 Å². The molecule has 3 nitrogen and oxygen atoms in total. The Morgan fingerprint density at radius 3 is 2.69 bits per heavy atom. The number of hydrogen-bond donors (Lipinski definition) is 0. The van der Waals surface area contributed by atoms with Gasteiger partial charge in [0.1, 0.15) is 0 Å². The molecule has 1 aromatic rings. The predicted molar refractivity (Wildman–Crippen MR) is 63.5 cm³/mol. The minimum absolute atomic E-state index is 0.0564. The number of benzene rings is 1. The number of morpholine rings is 1. The topological polar surface area (TPSA) is 36.3 Å². The zero-order chi connectivity index (χ0) is 11.4. The standard InChI is InChI=1S/C13H16N2O/c1-11(10-14)12-4-2-3-5-13(12)15-6-8-16-9-7-15/h2-5,11H,6-9H2,1H3. The lowest BCUT2D eigenvalue weighted by Gasteiger charge is -2.31. The largest absolute Gasteiger partial charge is 0.378 e. The van der Waals surface area contributed by atoms with Crippen molar-refractivity contribution >= 4 is 5.69 Å². The molecule has 0 amide bonds. The molecule has 0 saturated carbocycles. The fourth-order valence-corrected chi connectivity index (χ4v) is 2.02. The van der Waals surface area contributed by atoms with Crippen molar-refractivity contribution in [1.82, 2.24) is 0 Å². The summed E-state index contributed by atoms with van der Waals surface area (Å²) in [6, 6.07) is 10.5. The highest BCUT2D eigenvalue weighted by Gasteiger charge is 2.16. The molecule has 1 unspecified atom stereocenters. The first kappa shape index (κ1) is 11.0. The maximum Gasteiger partial charge on any atom is 0.0704 e. The van der Waals surface area contributed by atoms with Gasteiger partial charge < -0.3 is 9.64 Å². The van der Waals surface area contributed by atoms with Crippen molar-refractivity contribution in [3.05, 3.63) is 29.8 Å². The van der Waals surface area contributed by atoms with Crippen LogP contribution in [-0.4, -0.2) is 26.3 Å². The second-order valence-corrected chi connectivity index (χ2v) is 4.01. The van der Waals surface area contributed by atoms with Crippen LogP contribution in [0.5, 0.6) is 0 Å². The van der Waals surface area contributed by atoms with Crippen LogP contribution in [0.1, 0.15) is 18.4 Å². The zero-order valence-corrected chi connectivity index (χ0v) is 9.52. The highest BCUT2D eigenvalue weighted by atomic mass is 16.5. The van der Waals surface area contributed by atoms with Gasteiger partial charge in [-0.3, -0.25) is 0 Å². The Morgan fingerprint density at radius 2 is 2.00 bits per heavy atom. The Balaban J connectivity index is 2.28. The average molecular weight is 216 g/mol. The van der Waals surface area contributed by atoms with Crippen LogP contribution in [-0.2, 0) is 4.74 Å². The molecule has 0 spiro atoms. The van der Waals surface area contributed by atoms with Crippen molar-refractivity contribution < 1.29 is 4.74 Å². The van der Waals surface area contributed by atoms with Crippen LogP contribution in [0.15, 0.2) is 24.3 Å². The van der Waals surface area contributed by atoms with Crippen LogP contribution in [0, 0.1) is 11.3 Å². The Morgan fingerprint density at radius 1 is 1.31 bits per heavy atom. The summed E-state index contributed by atoms with van der Waals surface area (Å²) in [7, 11) is 0. The summed E-state index contributed by atoms with van der Waals surface area (Å²) in [5.74, 6) is -0.0564. The molecule has 16 heavy (non-hydrogen) atoms. The maximum absolute atomic E-state index is 9.02. The third-order valence-corrected chi connectivity index (χ3v) is 2.95. The molecule has 0 N–H and O–H groups in total. The summed E-state index contributed by atoms with van der Waals surface area (Å²) in [6.45, 7) is 5.31. The van der Waals surface area contributed by atoms with Crippen LogP contribution in [0.2, 0.25) is 0 Å². The van der Waals surface area contributed by atoms with Crippen LogP contribution in [0.25, 0.3) is 0 Å². The molecule has 3 heteroatoms. The van der Waals surface area contributed by atoms with Gasteiger partial charge in [-0.2, -0.15) is 5.26 Å². The quantitative estimate of drug-likeness (QED) is 0.760. The van der Waals surface area contributed by atoms with E-state index in [0.29, 0.717) is 0 Å². The Labute approximate surface area is 96.2 Å². The van der Waals surface area contributed by atoms with Crippen LogP contribution in [0.3, 0.4) is 0 Å². The lowest BCUT2D eigenvalue weighted by atomic mass is 10.00. The van der Waals surface area contributed by atoms with Crippen molar-refractivity contribution in [1.29, 1.82) is 5.26 Å². The van der Waals surface area contributed by atoms with E-state index >= 15 is 0 Å². The minimum atomic E-state index is -0.0564. The van der Waals surface area contributed by atoms with Gasteiger partial charge in [-0.25, -0.2) is 0 Å². The molecule has 1 saturated heterocycles. The molecule has 84 valence electrons. The van der Waals surface area contributed by atoms with E-state index in [4.69, 9.17) is 10.00 Å². The lowest BCUT2D eigenvalue weighted by molar-refractivity contribution is 0.122. The fraction of sp³-hybridized carbons (Fsp3) is 0.462. The van der Waals surface area contributed by atoms with E-state index in [-0.39, 0.29) is 5.92 Å². The summed E-state index contributed by atoms with van der Waals surface area (Å²) in [6.07, 6.45) is 0. The first-order chi connectivity index (χ1) is 7.83. The predicted octanol–water partition coefficient (Wildman–Crippen LogP) is 2.15. The van der Waals surface area contributed by atoms with E-state index in [2.05, 4.69) is 17.0 Å². The van der Waals surface area contributed by atoms with E-state index in [1.54, 1.807) is 0 Å². The summed E-state index contributed by atoms with van der Waals surface area (Å²) in [4.78, 5) is 2.30. The average Bonchev–Trinajstić information content (AvgIpc) is 2.39. The molecular weight excluding hydrogens is 200 g/mol. The SMILES string of the molecule is CC(C#N)c1ccccc1N1CCOCC1. The van der Waals surface area contributed by atoms with Crippen LogP contribution < -0.4 is 4.90 Å². The van der Waals surface area contributed by atoms with Crippen LogP contribution in [0.4, 0.5) is 5.69 Å². The highest BCUT2D eigenvalue weighted by Crippen LogP contribution is 2.27. The third kappa shape index (κ3) is 2.17. The third-order valence-electron chi connectivity index (χ3n) is 2.95. The Hall–Kier alpha value is -1.53. The van der Waals surface area contributed by atoms with Crippen molar-refractivity contribution in [2.45, 2.75) is 12.8 Å². The number of nitrogens with zero attached hydrogens (tertiary/aromatic N) is 2. The van der Waals surface area contributed by atoms with E-state index in [0.717, 1.165) is 31.9 Å². The van der Waals surface area contributed by atoms with Gasteiger partial charge in [-0.1, -0.05) is 18.2 Å². The van der Waals surface area contributed by atoms with Gasteiger partial charge >= 0.3 is 0 Å². The van der Waals surface area contributed by atoms with Gasteiger partial charge in [0.05, 0.1) is 25.2 Å². The molecule has 0 bridgehead atoms. The summed E-state index contributed by atoms with van der Waals surface area (Å²) in [5.41, 5.74) is 2.30. The monoisotopic (exact) mass is 216 g/mol. The van der Waals surface area contributed by atoms with Gasteiger partial charge in [-0.15, -0.1) is 0 Å². The normalized spacial score (nSPS) is 17.9. The maximum atomic E-state index is 9.02. The first-order valence-corrected chi connectivity index (χ1v) is 5.64. The van der Waals surface area contributed by atoms with Gasteiger partial charge in [0, 0.05) is 18.8 Å². The second kappa shape index (κ2) is 5.00. The number of hydrogen-bond acceptors (Lipinski definition) is 3.